The highest BCUT2D eigenvalue weighted by atomic mass is 16.5. The third-order valence-electron chi connectivity index (χ3n) is 1.69. The van der Waals surface area contributed by atoms with Gasteiger partial charge in [-0.2, -0.15) is 4.98 Å². The average molecular weight is 194 g/mol. The minimum Gasteiger partial charge on any atom is -0.472 e. The van der Waals surface area contributed by atoms with Crippen LogP contribution in [-0.2, 0) is 6.54 Å². The first-order valence-corrected chi connectivity index (χ1v) is 4.10. The molecule has 0 aliphatic rings. The van der Waals surface area contributed by atoms with Crippen LogP contribution < -0.4 is 10.1 Å². The highest BCUT2D eigenvalue weighted by Crippen LogP contribution is 2.07. The molecule has 0 amide bonds. The normalized spacial score (nSPS) is 10.1. The Kier molecular flexibility index (Phi) is 2.35. The van der Waals surface area contributed by atoms with Gasteiger partial charge in [-0.15, -0.1) is 5.10 Å². The van der Waals surface area contributed by atoms with Gasteiger partial charge < -0.3 is 14.5 Å². The van der Waals surface area contributed by atoms with E-state index in [1.54, 1.807) is 12.5 Å². The lowest BCUT2D eigenvalue weighted by atomic mass is 10.3. The van der Waals surface area contributed by atoms with E-state index in [0.29, 0.717) is 18.5 Å². The van der Waals surface area contributed by atoms with Gasteiger partial charge >= 0.3 is 6.01 Å². The molecule has 0 aliphatic carbocycles. The van der Waals surface area contributed by atoms with Crippen molar-refractivity contribution in [2.45, 2.75) is 6.54 Å². The molecule has 2 aromatic heterocycles. The maximum Gasteiger partial charge on any atom is 0.336 e. The molecule has 2 aromatic rings. The highest BCUT2D eigenvalue weighted by Gasteiger charge is 2.01. The second-order valence-electron chi connectivity index (χ2n) is 2.66. The number of aromatic amines is 1. The van der Waals surface area contributed by atoms with E-state index in [-0.39, 0.29) is 0 Å². The van der Waals surface area contributed by atoms with Gasteiger partial charge in [-0.25, -0.2) is 5.10 Å². The molecule has 0 unspecified atom stereocenters. The van der Waals surface area contributed by atoms with E-state index in [2.05, 4.69) is 20.5 Å². The van der Waals surface area contributed by atoms with Crippen molar-refractivity contribution in [2.24, 2.45) is 0 Å². The van der Waals surface area contributed by atoms with Gasteiger partial charge in [0.2, 0.25) is 5.95 Å². The largest absolute Gasteiger partial charge is 0.472 e. The van der Waals surface area contributed by atoms with Gasteiger partial charge in [0.25, 0.3) is 0 Å². The van der Waals surface area contributed by atoms with E-state index in [4.69, 9.17) is 9.15 Å². The Labute approximate surface area is 80.3 Å². The zero-order chi connectivity index (χ0) is 9.80. The number of hydrogen-bond donors (Lipinski definition) is 2. The van der Waals surface area contributed by atoms with Crippen LogP contribution in [0.5, 0.6) is 6.01 Å². The maximum atomic E-state index is 4.92. The smallest absolute Gasteiger partial charge is 0.336 e. The predicted molar refractivity (Wildman–Crippen MR) is 49.0 cm³/mol. The molecule has 0 aromatic carbocycles. The fraction of sp³-hybridized carbons (Fsp3) is 0.250. The van der Waals surface area contributed by atoms with Crippen LogP contribution in [0.15, 0.2) is 23.0 Å². The monoisotopic (exact) mass is 194 g/mol. The van der Waals surface area contributed by atoms with Crippen LogP contribution in [0.4, 0.5) is 5.95 Å². The summed E-state index contributed by atoms with van der Waals surface area (Å²) in [5.74, 6) is 0.572. The van der Waals surface area contributed by atoms with Crippen LogP contribution in [0, 0.1) is 0 Å². The summed E-state index contributed by atoms with van der Waals surface area (Å²) in [5, 5.41) is 9.51. The maximum absolute atomic E-state index is 4.92. The Morgan fingerprint density at radius 1 is 1.64 bits per heavy atom. The SMILES string of the molecule is COc1n[nH]c(NCc2ccoc2)n1. The molecule has 0 bridgehead atoms. The lowest BCUT2D eigenvalue weighted by Gasteiger charge is -1.97. The molecular formula is C8H10N4O2. The van der Waals surface area contributed by atoms with Gasteiger partial charge in [-0.1, -0.05) is 0 Å². The van der Waals surface area contributed by atoms with Gasteiger partial charge in [-0.05, 0) is 6.07 Å². The lowest BCUT2D eigenvalue weighted by Crippen LogP contribution is -1.99. The summed E-state index contributed by atoms with van der Waals surface area (Å²) < 4.78 is 9.74. The number of nitrogens with one attached hydrogen (secondary N) is 2. The lowest BCUT2D eigenvalue weighted by molar-refractivity contribution is 0.382. The third-order valence-corrected chi connectivity index (χ3v) is 1.69. The first kappa shape index (κ1) is 8.61. The molecule has 0 saturated heterocycles. The molecule has 0 fully saturated rings. The Morgan fingerprint density at radius 3 is 3.21 bits per heavy atom. The Morgan fingerprint density at radius 2 is 2.57 bits per heavy atom. The highest BCUT2D eigenvalue weighted by molar-refractivity contribution is 5.26. The fourth-order valence-corrected chi connectivity index (χ4v) is 0.996. The zero-order valence-corrected chi connectivity index (χ0v) is 7.65. The van der Waals surface area contributed by atoms with Crippen molar-refractivity contribution in [2.75, 3.05) is 12.4 Å². The van der Waals surface area contributed by atoms with E-state index < -0.39 is 0 Å². The van der Waals surface area contributed by atoms with E-state index in [1.165, 1.54) is 7.11 Å². The second kappa shape index (κ2) is 3.82. The third kappa shape index (κ3) is 1.85. The second-order valence-corrected chi connectivity index (χ2v) is 2.66. The van der Waals surface area contributed by atoms with E-state index in [0.717, 1.165) is 5.56 Å². The molecule has 0 spiro atoms. The van der Waals surface area contributed by atoms with Crippen molar-refractivity contribution in [3.8, 4) is 6.01 Å². The molecule has 6 heteroatoms. The number of hydrogen-bond acceptors (Lipinski definition) is 5. The summed E-state index contributed by atoms with van der Waals surface area (Å²) >= 11 is 0. The molecule has 2 rings (SSSR count). The number of H-pyrrole nitrogens is 1. The number of furan rings is 1. The Hall–Kier alpha value is -1.98. The van der Waals surface area contributed by atoms with Crippen LogP contribution in [0.1, 0.15) is 5.56 Å². The van der Waals surface area contributed by atoms with Crippen LogP contribution in [0.25, 0.3) is 0 Å². The topological polar surface area (TPSA) is 76.0 Å². The fourth-order valence-electron chi connectivity index (χ4n) is 0.996. The molecule has 2 heterocycles. The van der Waals surface area contributed by atoms with Crippen molar-refractivity contribution in [1.82, 2.24) is 15.2 Å². The van der Waals surface area contributed by atoms with Crippen molar-refractivity contribution in [1.29, 1.82) is 0 Å². The summed E-state index contributed by atoms with van der Waals surface area (Å²) in [4.78, 5) is 4.00. The van der Waals surface area contributed by atoms with Gasteiger partial charge in [0.1, 0.15) is 0 Å². The first-order valence-electron chi connectivity index (χ1n) is 4.10. The molecular weight excluding hydrogens is 184 g/mol. The van der Waals surface area contributed by atoms with Crippen LogP contribution in [-0.4, -0.2) is 22.3 Å². The first-order chi connectivity index (χ1) is 6.88. The van der Waals surface area contributed by atoms with Crippen molar-refractivity contribution < 1.29 is 9.15 Å². The van der Waals surface area contributed by atoms with Crippen molar-refractivity contribution in [3.63, 3.8) is 0 Å². The van der Waals surface area contributed by atoms with E-state index in [1.807, 2.05) is 6.07 Å². The summed E-state index contributed by atoms with van der Waals surface area (Å²) in [6.07, 6.45) is 3.29. The van der Waals surface area contributed by atoms with E-state index in [9.17, 15) is 0 Å². The molecule has 0 atom stereocenters. The molecule has 0 saturated carbocycles. The minimum absolute atomic E-state index is 0.319. The molecule has 2 N–H and O–H groups in total. The minimum atomic E-state index is 0.319. The van der Waals surface area contributed by atoms with Crippen LogP contribution in [0.2, 0.25) is 0 Å². The summed E-state index contributed by atoms with van der Waals surface area (Å²) in [6.45, 7) is 0.634. The number of methoxy groups -OCH3 is 1. The zero-order valence-electron chi connectivity index (χ0n) is 7.65. The number of ether oxygens (including phenoxy) is 1. The molecule has 14 heavy (non-hydrogen) atoms. The Balaban J connectivity index is 1.92. The number of nitrogens with zero attached hydrogens (tertiary/aromatic N) is 2. The van der Waals surface area contributed by atoms with Crippen molar-refractivity contribution in [3.05, 3.63) is 24.2 Å². The molecule has 0 radical (unpaired) electrons. The quantitative estimate of drug-likeness (QED) is 0.759. The summed E-state index contributed by atoms with van der Waals surface area (Å²) in [7, 11) is 1.52. The van der Waals surface area contributed by atoms with E-state index >= 15 is 0 Å². The van der Waals surface area contributed by atoms with Gasteiger partial charge in [0.05, 0.1) is 19.6 Å². The van der Waals surface area contributed by atoms with Crippen LogP contribution >= 0.6 is 0 Å². The molecule has 6 nitrogen and oxygen atoms in total. The number of rotatable bonds is 4. The number of anilines is 1. The summed E-state index contributed by atoms with van der Waals surface area (Å²) in [6, 6.07) is 2.19. The molecule has 0 aliphatic heterocycles. The van der Waals surface area contributed by atoms with Gasteiger partial charge in [0.15, 0.2) is 0 Å². The number of aromatic nitrogens is 3. The predicted octanol–water partition coefficient (Wildman–Crippen LogP) is 1.02. The van der Waals surface area contributed by atoms with Gasteiger partial charge in [-0.3, -0.25) is 0 Å². The Bertz CT molecular complexity index is 382. The van der Waals surface area contributed by atoms with Gasteiger partial charge in [0, 0.05) is 12.1 Å². The van der Waals surface area contributed by atoms with Crippen molar-refractivity contribution >= 4 is 5.95 Å². The van der Waals surface area contributed by atoms with Crippen LogP contribution in [0.3, 0.4) is 0 Å². The standard InChI is InChI=1S/C8H10N4O2/c1-13-8-10-7(11-12-8)9-4-6-2-3-14-5-6/h2-3,5H,4H2,1H3,(H2,9,10,11,12). The average Bonchev–Trinajstić information content (AvgIpc) is 2.86. The molecule has 74 valence electrons. The summed E-state index contributed by atoms with van der Waals surface area (Å²) in [5.41, 5.74) is 1.04.